The maximum absolute atomic E-state index is 13.2. The highest BCUT2D eigenvalue weighted by molar-refractivity contribution is 6.30. The molecule has 1 aromatic carbocycles. The zero-order chi connectivity index (χ0) is 16.7. The van der Waals surface area contributed by atoms with E-state index < -0.39 is 16.6 Å². The van der Waals surface area contributed by atoms with Crippen molar-refractivity contribution in [2.75, 3.05) is 19.8 Å². The summed E-state index contributed by atoms with van der Waals surface area (Å²) in [5.74, 6) is -0.579. The van der Waals surface area contributed by atoms with Gasteiger partial charge < -0.3 is 14.6 Å². The van der Waals surface area contributed by atoms with Crippen LogP contribution in [0.1, 0.15) is 32.3 Å². The summed E-state index contributed by atoms with van der Waals surface area (Å²) in [7, 11) is 0. The first-order chi connectivity index (χ1) is 10.8. The van der Waals surface area contributed by atoms with Crippen LogP contribution >= 0.6 is 11.6 Å². The first-order valence-corrected chi connectivity index (χ1v) is 8.37. The third-order valence-corrected chi connectivity index (χ3v) is 5.45. The Hall–Kier alpha value is -0.940. The Kier molecular flexibility index (Phi) is 4.30. The molecule has 1 N–H and O–H groups in total. The first-order valence-electron chi connectivity index (χ1n) is 7.99. The van der Waals surface area contributed by atoms with Crippen LogP contribution in [0.15, 0.2) is 24.3 Å². The molecule has 1 atom stereocenters. The number of ether oxygens (including phenoxy) is 2. The number of benzene rings is 1. The van der Waals surface area contributed by atoms with Gasteiger partial charge in [0, 0.05) is 5.02 Å². The van der Waals surface area contributed by atoms with Crippen molar-refractivity contribution in [1.82, 2.24) is 0 Å². The van der Waals surface area contributed by atoms with Gasteiger partial charge in [-0.15, -0.1) is 0 Å². The van der Waals surface area contributed by atoms with Gasteiger partial charge in [-0.25, -0.2) is 0 Å². The molecule has 126 valence electrons. The molecular formula is C18H23ClO4. The van der Waals surface area contributed by atoms with Crippen LogP contribution in [0.5, 0.6) is 0 Å². The zero-order valence-electron chi connectivity index (χ0n) is 13.6. The van der Waals surface area contributed by atoms with E-state index in [4.69, 9.17) is 21.1 Å². The molecule has 0 amide bonds. The SMILES string of the molecule is CC1(C)OCC2(CCC(CO)(Cc3ccc(Cl)cc3)C2=O)CO1. The van der Waals surface area contributed by atoms with Crippen LogP contribution in [0.4, 0.5) is 0 Å². The van der Waals surface area contributed by atoms with Gasteiger partial charge in [-0.3, -0.25) is 4.79 Å². The average Bonchev–Trinajstić information content (AvgIpc) is 2.80. The smallest absolute Gasteiger partial charge is 0.162 e. The average molecular weight is 339 g/mol. The highest BCUT2D eigenvalue weighted by atomic mass is 35.5. The molecule has 1 heterocycles. The quantitative estimate of drug-likeness (QED) is 0.920. The molecule has 5 heteroatoms. The predicted molar refractivity (Wildman–Crippen MR) is 87.3 cm³/mol. The number of ketones is 1. The third kappa shape index (κ3) is 3.05. The van der Waals surface area contributed by atoms with Gasteiger partial charge >= 0.3 is 0 Å². The fourth-order valence-corrected chi connectivity index (χ4v) is 3.75. The Morgan fingerprint density at radius 1 is 1.13 bits per heavy atom. The lowest BCUT2D eigenvalue weighted by Gasteiger charge is -2.41. The molecule has 1 saturated heterocycles. The number of hydrogen-bond acceptors (Lipinski definition) is 4. The van der Waals surface area contributed by atoms with E-state index in [-0.39, 0.29) is 12.4 Å². The van der Waals surface area contributed by atoms with Crippen molar-refractivity contribution >= 4 is 17.4 Å². The Morgan fingerprint density at radius 3 is 2.30 bits per heavy atom. The zero-order valence-corrected chi connectivity index (χ0v) is 14.4. The molecule has 0 bridgehead atoms. The van der Waals surface area contributed by atoms with E-state index in [0.717, 1.165) is 5.56 Å². The van der Waals surface area contributed by atoms with Crippen molar-refractivity contribution in [3.8, 4) is 0 Å². The largest absolute Gasteiger partial charge is 0.395 e. The number of hydrogen-bond donors (Lipinski definition) is 1. The number of Topliss-reactive ketones (excluding diaryl/α,β-unsaturated/α-hetero) is 1. The van der Waals surface area contributed by atoms with Crippen molar-refractivity contribution in [2.45, 2.75) is 38.9 Å². The molecule has 23 heavy (non-hydrogen) atoms. The Morgan fingerprint density at radius 2 is 1.74 bits per heavy atom. The van der Waals surface area contributed by atoms with E-state index in [9.17, 15) is 9.90 Å². The molecule has 1 aromatic rings. The number of halogens is 1. The summed E-state index contributed by atoms with van der Waals surface area (Å²) < 4.78 is 11.5. The lowest BCUT2D eigenvalue weighted by atomic mass is 9.75. The summed E-state index contributed by atoms with van der Waals surface area (Å²) >= 11 is 5.92. The number of aliphatic hydroxyl groups is 1. The van der Waals surface area contributed by atoms with E-state index in [1.165, 1.54) is 0 Å². The standard InChI is InChI=1S/C18H23ClO4/c1-16(2)22-11-18(12-23-16)8-7-17(10-20,15(18)21)9-13-3-5-14(19)6-4-13/h3-6,20H,7-12H2,1-2H3. The maximum Gasteiger partial charge on any atom is 0.162 e. The summed E-state index contributed by atoms with van der Waals surface area (Å²) in [6.07, 6.45) is 1.86. The summed E-state index contributed by atoms with van der Waals surface area (Å²) in [4.78, 5) is 13.2. The van der Waals surface area contributed by atoms with Crippen LogP contribution in [0.3, 0.4) is 0 Å². The van der Waals surface area contributed by atoms with Crippen LogP contribution in [-0.4, -0.2) is 36.5 Å². The molecule has 4 nitrogen and oxygen atoms in total. The molecule has 2 fully saturated rings. The monoisotopic (exact) mass is 338 g/mol. The van der Waals surface area contributed by atoms with Crippen LogP contribution in [0, 0.1) is 10.8 Å². The van der Waals surface area contributed by atoms with Gasteiger partial charge in [-0.05, 0) is 50.8 Å². The van der Waals surface area contributed by atoms with Crippen molar-refractivity contribution < 1.29 is 19.4 Å². The molecule has 0 radical (unpaired) electrons. The van der Waals surface area contributed by atoms with Gasteiger partial charge in [-0.1, -0.05) is 23.7 Å². The maximum atomic E-state index is 13.2. The minimum atomic E-state index is -0.748. The van der Waals surface area contributed by atoms with Gasteiger partial charge in [0.2, 0.25) is 0 Å². The van der Waals surface area contributed by atoms with E-state index in [0.29, 0.717) is 37.5 Å². The lowest BCUT2D eigenvalue weighted by molar-refractivity contribution is -0.278. The first kappa shape index (κ1) is 16.9. The number of carbonyl (C=O) groups is 1. The lowest BCUT2D eigenvalue weighted by Crippen LogP contribution is -2.51. The summed E-state index contributed by atoms with van der Waals surface area (Å²) in [5, 5.41) is 10.7. The van der Waals surface area contributed by atoms with Crippen molar-refractivity contribution in [3.63, 3.8) is 0 Å². The fraction of sp³-hybridized carbons (Fsp3) is 0.611. The molecule has 1 aliphatic carbocycles. The summed E-state index contributed by atoms with van der Waals surface area (Å²) in [5.41, 5.74) is -0.362. The number of aliphatic hydroxyl groups excluding tert-OH is 1. The van der Waals surface area contributed by atoms with Gasteiger partial charge in [0.25, 0.3) is 0 Å². The highest BCUT2D eigenvalue weighted by Crippen LogP contribution is 2.50. The molecule has 3 rings (SSSR count). The highest BCUT2D eigenvalue weighted by Gasteiger charge is 2.58. The molecule has 1 aliphatic heterocycles. The second-order valence-corrected chi connectivity index (χ2v) is 7.76. The van der Waals surface area contributed by atoms with Crippen LogP contribution in [0.25, 0.3) is 0 Å². The molecule has 0 aromatic heterocycles. The van der Waals surface area contributed by atoms with Gasteiger partial charge in [0.1, 0.15) is 0 Å². The van der Waals surface area contributed by atoms with Gasteiger partial charge in [0.05, 0.1) is 30.7 Å². The second-order valence-electron chi connectivity index (χ2n) is 7.33. The molecule has 2 aliphatic rings. The molecule has 1 spiro atoms. The number of rotatable bonds is 3. The number of carbonyl (C=O) groups excluding carboxylic acids is 1. The van der Waals surface area contributed by atoms with Gasteiger partial charge in [-0.2, -0.15) is 0 Å². The van der Waals surface area contributed by atoms with E-state index in [1.807, 2.05) is 38.1 Å². The van der Waals surface area contributed by atoms with Crippen molar-refractivity contribution in [3.05, 3.63) is 34.9 Å². The predicted octanol–water partition coefficient (Wildman–Crippen LogP) is 2.99. The van der Waals surface area contributed by atoms with Crippen LogP contribution in [0.2, 0.25) is 5.02 Å². The molecule has 1 saturated carbocycles. The Labute approximate surface area is 141 Å². The van der Waals surface area contributed by atoms with Crippen molar-refractivity contribution in [2.24, 2.45) is 10.8 Å². The van der Waals surface area contributed by atoms with E-state index in [2.05, 4.69) is 0 Å². The van der Waals surface area contributed by atoms with Crippen LogP contribution in [-0.2, 0) is 20.7 Å². The molecular weight excluding hydrogens is 316 g/mol. The molecule has 1 unspecified atom stereocenters. The van der Waals surface area contributed by atoms with Crippen molar-refractivity contribution in [1.29, 1.82) is 0 Å². The fourth-order valence-electron chi connectivity index (χ4n) is 3.62. The minimum Gasteiger partial charge on any atom is -0.395 e. The summed E-state index contributed by atoms with van der Waals surface area (Å²) in [6.45, 7) is 4.28. The minimum absolute atomic E-state index is 0.0675. The third-order valence-electron chi connectivity index (χ3n) is 5.20. The van der Waals surface area contributed by atoms with E-state index >= 15 is 0 Å². The summed E-state index contributed by atoms with van der Waals surface area (Å²) in [6, 6.07) is 7.45. The Balaban J connectivity index is 1.81. The normalized spacial score (nSPS) is 29.1. The van der Waals surface area contributed by atoms with Crippen LogP contribution < -0.4 is 0 Å². The van der Waals surface area contributed by atoms with E-state index in [1.54, 1.807) is 0 Å². The van der Waals surface area contributed by atoms with Gasteiger partial charge in [0.15, 0.2) is 11.6 Å². The topological polar surface area (TPSA) is 55.8 Å². The second kappa shape index (κ2) is 5.85. The Bertz CT molecular complexity index is 586.